The second-order valence-electron chi connectivity index (χ2n) is 5.91. The molecule has 1 aliphatic rings. The first-order chi connectivity index (χ1) is 11.3. The Labute approximate surface area is 165 Å². The lowest BCUT2D eigenvalue weighted by Gasteiger charge is -2.25. The molecule has 0 saturated carbocycles. The van der Waals surface area contributed by atoms with Crippen molar-refractivity contribution in [3.63, 3.8) is 0 Å². The first kappa shape index (κ1) is 23.9. The Morgan fingerprint density at radius 2 is 1.88 bits per heavy atom. The quantitative estimate of drug-likeness (QED) is 0.204. The molecule has 0 aromatic rings. The number of nitrogens with one attached hydrogen (secondary N) is 2. The van der Waals surface area contributed by atoms with Crippen molar-refractivity contribution in [3.8, 4) is 0 Å². The van der Waals surface area contributed by atoms with E-state index in [0.29, 0.717) is 19.3 Å². The third-order valence-corrected chi connectivity index (χ3v) is 4.12. The maximum absolute atomic E-state index is 5.47. The number of halogens is 1. The van der Waals surface area contributed by atoms with Crippen LogP contribution in [-0.2, 0) is 9.47 Å². The third kappa shape index (κ3) is 10.7. The summed E-state index contributed by atoms with van der Waals surface area (Å²) in [5.41, 5.74) is 0. The first-order valence-electron chi connectivity index (χ1n) is 9.14. The minimum absolute atomic E-state index is 0. The Kier molecular flexibility index (Phi) is 16.3. The van der Waals surface area contributed by atoms with Crippen molar-refractivity contribution >= 4 is 29.9 Å². The van der Waals surface area contributed by atoms with Crippen LogP contribution < -0.4 is 10.6 Å². The zero-order valence-electron chi connectivity index (χ0n) is 15.7. The van der Waals surface area contributed by atoms with Crippen molar-refractivity contribution < 1.29 is 9.47 Å². The molecular formula is C17H37IN4O2. The Bertz CT molecular complexity index is 313. The lowest BCUT2D eigenvalue weighted by Crippen LogP contribution is -2.40. The molecule has 0 spiro atoms. The van der Waals surface area contributed by atoms with Gasteiger partial charge in [0.05, 0.1) is 19.8 Å². The summed E-state index contributed by atoms with van der Waals surface area (Å²) in [6.45, 7) is 11.5. The van der Waals surface area contributed by atoms with Gasteiger partial charge < -0.3 is 20.1 Å². The van der Waals surface area contributed by atoms with Crippen LogP contribution in [0.5, 0.6) is 0 Å². The highest BCUT2D eigenvalue weighted by molar-refractivity contribution is 14.0. The average Bonchev–Trinajstić information content (AvgIpc) is 3.09. The Morgan fingerprint density at radius 3 is 2.50 bits per heavy atom. The zero-order chi connectivity index (χ0) is 16.8. The summed E-state index contributed by atoms with van der Waals surface area (Å²) in [6, 6.07) is 0.574. The molecule has 1 unspecified atom stereocenters. The maximum Gasteiger partial charge on any atom is 0.191 e. The van der Waals surface area contributed by atoms with E-state index in [-0.39, 0.29) is 24.0 Å². The summed E-state index contributed by atoms with van der Waals surface area (Å²) in [4.78, 5) is 7.35. The first-order valence-corrected chi connectivity index (χ1v) is 9.14. The monoisotopic (exact) mass is 456 g/mol. The molecule has 0 bridgehead atoms. The third-order valence-electron chi connectivity index (χ3n) is 4.12. The van der Waals surface area contributed by atoms with Crippen molar-refractivity contribution in [1.82, 2.24) is 15.5 Å². The van der Waals surface area contributed by atoms with E-state index in [4.69, 9.17) is 14.5 Å². The number of hydrogen-bond acceptors (Lipinski definition) is 4. The molecule has 1 rings (SSSR count). The number of ether oxygens (including phenoxy) is 2. The highest BCUT2D eigenvalue weighted by atomic mass is 127. The molecule has 1 fully saturated rings. The number of aliphatic imine (C=N–C) groups is 1. The van der Waals surface area contributed by atoms with Gasteiger partial charge in [0.2, 0.25) is 0 Å². The molecule has 1 atom stereocenters. The number of methoxy groups -OCH3 is 1. The van der Waals surface area contributed by atoms with E-state index in [1.165, 1.54) is 25.9 Å². The van der Waals surface area contributed by atoms with E-state index >= 15 is 0 Å². The summed E-state index contributed by atoms with van der Waals surface area (Å²) in [7, 11) is 1.69. The van der Waals surface area contributed by atoms with Gasteiger partial charge in [-0.2, -0.15) is 0 Å². The molecule has 0 amide bonds. The van der Waals surface area contributed by atoms with Crippen molar-refractivity contribution in [2.45, 2.75) is 45.6 Å². The van der Waals surface area contributed by atoms with Gasteiger partial charge in [-0.3, -0.25) is 9.89 Å². The van der Waals surface area contributed by atoms with Gasteiger partial charge in [-0.25, -0.2) is 0 Å². The van der Waals surface area contributed by atoms with Crippen LogP contribution in [0, 0.1) is 0 Å². The highest BCUT2D eigenvalue weighted by Gasteiger charge is 2.19. The van der Waals surface area contributed by atoms with Gasteiger partial charge in [-0.05, 0) is 45.7 Å². The van der Waals surface area contributed by atoms with E-state index in [2.05, 4.69) is 29.4 Å². The van der Waals surface area contributed by atoms with Gasteiger partial charge in [0, 0.05) is 32.8 Å². The van der Waals surface area contributed by atoms with Crippen molar-refractivity contribution in [1.29, 1.82) is 0 Å². The summed E-state index contributed by atoms with van der Waals surface area (Å²) in [5, 5.41) is 6.71. The van der Waals surface area contributed by atoms with Crippen LogP contribution in [0.15, 0.2) is 4.99 Å². The molecule has 1 heterocycles. The van der Waals surface area contributed by atoms with Crippen LogP contribution in [0.3, 0.4) is 0 Å². The number of hydrogen-bond donors (Lipinski definition) is 2. The molecule has 144 valence electrons. The SMILES string of the molecule is CCNC(=NCC(CC)N1CCCC1)NCCCOCCOC.I. The van der Waals surface area contributed by atoms with E-state index in [0.717, 1.165) is 45.0 Å². The summed E-state index contributed by atoms with van der Waals surface area (Å²) in [5.74, 6) is 0.919. The molecule has 0 radical (unpaired) electrons. The fraction of sp³-hybridized carbons (Fsp3) is 0.941. The minimum atomic E-state index is 0. The fourth-order valence-electron chi connectivity index (χ4n) is 2.77. The van der Waals surface area contributed by atoms with Crippen LogP contribution in [-0.4, -0.2) is 76.6 Å². The van der Waals surface area contributed by atoms with E-state index in [1.54, 1.807) is 7.11 Å². The predicted octanol–water partition coefficient (Wildman–Crippen LogP) is 2.09. The van der Waals surface area contributed by atoms with Gasteiger partial charge in [-0.15, -0.1) is 24.0 Å². The number of guanidine groups is 1. The van der Waals surface area contributed by atoms with Crippen molar-refractivity contribution in [3.05, 3.63) is 0 Å². The van der Waals surface area contributed by atoms with Gasteiger partial charge in [0.25, 0.3) is 0 Å². The molecular weight excluding hydrogens is 419 g/mol. The second kappa shape index (κ2) is 16.4. The van der Waals surface area contributed by atoms with Crippen LogP contribution >= 0.6 is 24.0 Å². The minimum Gasteiger partial charge on any atom is -0.382 e. The maximum atomic E-state index is 5.47. The lowest BCUT2D eigenvalue weighted by molar-refractivity contribution is 0.0698. The van der Waals surface area contributed by atoms with Crippen molar-refractivity contribution in [2.24, 2.45) is 4.99 Å². The smallest absolute Gasteiger partial charge is 0.191 e. The Hall–Kier alpha value is -0.120. The second-order valence-corrected chi connectivity index (χ2v) is 5.91. The largest absolute Gasteiger partial charge is 0.382 e. The normalized spacial score (nSPS) is 16.7. The molecule has 0 aliphatic carbocycles. The molecule has 0 aromatic carbocycles. The Morgan fingerprint density at radius 1 is 1.12 bits per heavy atom. The number of nitrogens with zero attached hydrogens (tertiary/aromatic N) is 2. The molecule has 0 aromatic heterocycles. The molecule has 2 N–H and O–H groups in total. The Balaban J connectivity index is 0.00000529. The van der Waals surface area contributed by atoms with Crippen LogP contribution in [0.4, 0.5) is 0 Å². The van der Waals surface area contributed by atoms with Crippen LogP contribution in [0.25, 0.3) is 0 Å². The van der Waals surface area contributed by atoms with Crippen LogP contribution in [0.1, 0.15) is 39.5 Å². The van der Waals surface area contributed by atoms with Crippen molar-refractivity contribution in [2.75, 3.05) is 59.7 Å². The summed E-state index contributed by atoms with van der Waals surface area (Å²) >= 11 is 0. The van der Waals surface area contributed by atoms with E-state index in [1.807, 2.05) is 0 Å². The molecule has 24 heavy (non-hydrogen) atoms. The molecule has 1 aliphatic heterocycles. The highest BCUT2D eigenvalue weighted by Crippen LogP contribution is 2.14. The predicted molar refractivity (Wildman–Crippen MR) is 112 cm³/mol. The van der Waals surface area contributed by atoms with Gasteiger partial charge in [0.15, 0.2) is 5.96 Å². The average molecular weight is 456 g/mol. The topological polar surface area (TPSA) is 58.1 Å². The lowest BCUT2D eigenvalue weighted by atomic mass is 10.2. The number of rotatable bonds is 12. The van der Waals surface area contributed by atoms with Gasteiger partial charge >= 0.3 is 0 Å². The van der Waals surface area contributed by atoms with Gasteiger partial charge in [0.1, 0.15) is 0 Å². The van der Waals surface area contributed by atoms with Gasteiger partial charge in [-0.1, -0.05) is 6.92 Å². The fourth-order valence-corrected chi connectivity index (χ4v) is 2.77. The molecule has 6 nitrogen and oxygen atoms in total. The van der Waals surface area contributed by atoms with Crippen LogP contribution in [0.2, 0.25) is 0 Å². The van der Waals surface area contributed by atoms with E-state index in [9.17, 15) is 0 Å². The standard InChI is InChI=1S/C17H36N4O2.HI/c1-4-16(21-10-6-7-11-21)15-20-17(18-5-2)19-9-8-12-23-14-13-22-3;/h16H,4-15H2,1-3H3,(H2,18,19,20);1H. The molecule has 1 saturated heterocycles. The van der Waals surface area contributed by atoms with E-state index < -0.39 is 0 Å². The molecule has 7 heteroatoms. The zero-order valence-corrected chi connectivity index (χ0v) is 18.0. The summed E-state index contributed by atoms with van der Waals surface area (Å²) < 4.78 is 10.4. The number of likely N-dealkylation sites (tertiary alicyclic amines) is 1. The summed E-state index contributed by atoms with van der Waals surface area (Å²) in [6.07, 6.45) is 4.80.